The van der Waals surface area contributed by atoms with Gasteiger partial charge in [0, 0.05) is 49.0 Å². The third-order valence-electron chi connectivity index (χ3n) is 1.09. The number of rotatable bonds is 4. The Morgan fingerprint density at radius 2 is 0.824 bits per heavy atom. The summed E-state index contributed by atoms with van der Waals surface area (Å²) in [6, 6.07) is 0. The van der Waals surface area contributed by atoms with Crippen LogP contribution in [0, 0.1) is 0 Å². The minimum absolute atomic E-state index is 0. The number of likely N-dealkylation sites (N-methyl/N-ethyl adjacent to an activating group) is 2. The van der Waals surface area contributed by atoms with E-state index in [0.29, 0.717) is 0 Å². The Morgan fingerprint density at radius 3 is 0.824 bits per heavy atom. The molecule has 0 spiro atoms. The SMILES string of the molecule is CN(C)CCO.CN(C)CCO.CO.CO.[Ti]. The summed E-state index contributed by atoms with van der Waals surface area (Å²) < 4.78 is 0. The van der Waals surface area contributed by atoms with E-state index in [0.717, 1.165) is 27.3 Å². The molecular formula is C10H30N2O4Ti. The van der Waals surface area contributed by atoms with Crippen LogP contribution in [0.3, 0.4) is 0 Å². The molecule has 0 atom stereocenters. The maximum atomic E-state index is 8.20. The molecule has 17 heavy (non-hydrogen) atoms. The normalized spacial score (nSPS) is 7.76. The summed E-state index contributed by atoms with van der Waals surface area (Å²) in [7, 11) is 9.71. The monoisotopic (exact) mass is 290 g/mol. The first-order valence-electron chi connectivity index (χ1n) is 4.95. The van der Waals surface area contributed by atoms with Crippen molar-refractivity contribution >= 4 is 0 Å². The first kappa shape index (κ1) is 30.5. The molecule has 0 aliphatic rings. The molecule has 0 aliphatic carbocycles. The van der Waals surface area contributed by atoms with Crippen LogP contribution in [0.2, 0.25) is 0 Å². The summed E-state index contributed by atoms with van der Waals surface area (Å²) in [5, 5.41) is 30.4. The number of aliphatic hydroxyl groups is 4. The zero-order chi connectivity index (χ0) is 14.0. The van der Waals surface area contributed by atoms with Gasteiger partial charge in [-0.1, -0.05) is 0 Å². The molecule has 0 rings (SSSR count). The van der Waals surface area contributed by atoms with Gasteiger partial charge in [0.2, 0.25) is 0 Å². The fourth-order valence-electron chi connectivity index (χ4n) is 0.400. The number of hydrogen-bond donors (Lipinski definition) is 4. The van der Waals surface area contributed by atoms with Crippen molar-refractivity contribution in [3.8, 4) is 0 Å². The van der Waals surface area contributed by atoms with Crippen LogP contribution in [-0.4, -0.2) is 98.9 Å². The van der Waals surface area contributed by atoms with E-state index >= 15 is 0 Å². The van der Waals surface area contributed by atoms with Gasteiger partial charge >= 0.3 is 0 Å². The van der Waals surface area contributed by atoms with Crippen LogP contribution in [0.15, 0.2) is 0 Å². The van der Waals surface area contributed by atoms with Crippen molar-refractivity contribution in [1.29, 1.82) is 0 Å². The maximum Gasteiger partial charge on any atom is 0.0558 e. The van der Waals surface area contributed by atoms with Gasteiger partial charge in [0.1, 0.15) is 0 Å². The maximum absolute atomic E-state index is 8.20. The molecule has 0 saturated heterocycles. The summed E-state index contributed by atoms with van der Waals surface area (Å²) in [5.74, 6) is 0. The van der Waals surface area contributed by atoms with Crippen molar-refractivity contribution < 1.29 is 42.1 Å². The molecule has 0 aromatic heterocycles. The third-order valence-corrected chi connectivity index (χ3v) is 1.09. The molecule has 0 radical (unpaired) electrons. The molecule has 0 aromatic rings. The van der Waals surface area contributed by atoms with Gasteiger partial charge in [-0.3, -0.25) is 0 Å². The second kappa shape index (κ2) is 36.0. The molecule has 7 heteroatoms. The van der Waals surface area contributed by atoms with E-state index in [4.69, 9.17) is 20.4 Å². The van der Waals surface area contributed by atoms with E-state index < -0.39 is 0 Å². The average Bonchev–Trinajstić information content (AvgIpc) is 2.24. The number of aliphatic hydroxyl groups excluding tert-OH is 4. The minimum Gasteiger partial charge on any atom is -0.400 e. The summed E-state index contributed by atoms with van der Waals surface area (Å²) in [5.41, 5.74) is 0. The van der Waals surface area contributed by atoms with E-state index in [1.165, 1.54) is 0 Å². The van der Waals surface area contributed by atoms with Gasteiger partial charge in [-0.2, -0.15) is 0 Å². The molecule has 0 heterocycles. The largest absolute Gasteiger partial charge is 0.400 e. The molecule has 0 bridgehead atoms. The molecule has 0 aromatic carbocycles. The van der Waals surface area contributed by atoms with Gasteiger partial charge in [-0.15, -0.1) is 0 Å². The zero-order valence-electron chi connectivity index (χ0n) is 12.0. The van der Waals surface area contributed by atoms with Crippen LogP contribution in [-0.2, 0) is 21.7 Å². The molecular weight excluding hydrogens is 260 g/mol. The first-order chi connectivity index (χ1) is 7.54. The van der Waals surface area contributed by atoms with Crippen molar-refractivity contribution in [2.45, 2.75) is 0 Å². The van der Waals surface area contributed by atoms with Gasteiger partial charge in [-0.25, -0.2) is 0 Å². The van der Waals surface area contributed by atoms with Gasteiger partial charge in [0.25, 0.3) is 0 Å². The molecule has 0 saturated carbocycles. The summed E-state index contributed by atoms with van der Waals surface area (Å²) in [4.78, 5) is 3.86. The predicted octanol–water partition coefficient (Wildman–Crippen LogP) is -1.70. The van der Waals surface area contributed by atoms with Crippen molar-refractivity contribution in [3.63, 3.8) is 0 Å². The van der Waals surface area contributed by atoms with Crippen molar-refractivity contribution in [2.24, 2.45) is 0 Å². The van der Waals surface area contributed by atoms with E-state index in [1.807, 2.05) is 38.0 Å². The predicted molar refractivity (Wildman–Crippen MR) is 67.6 cm³/mol. The average molecular weight is 290 g/mol. The number of hydrogen-bond acceptors (Lipinski definition) is 6. The van der Waals surface area contributed by atoms with E-state index in [1.54, 1.807) is 0 Å². The van der Waals surface area contributed by atoms with Crippen LogP contribution in [0.1, 0.15) is 0 Å². The molecule has 0 amide bonds. The van der Waals surface area contributed by atoms with Crippen molar-refractivity contribution in [1.82, 2.24) is 9.80 Å². The quantitative estimate of drug-likeness (QED) is 0.462. The molecule has 6 nitrogen and oxygen atoms in total. The Kier molecular flexibility index (Phi) is 64.5. The third kappa shape index (κ3) is 82.3. The van der Waals surface area contributed by atoms with E-state index in [-0.39, 0.29) is 34.9 Å². The molecule has 108 valence electrons. The Balaban J connectivity index is -0.0000000417. The summed E-state index contributed by atoms with van der Waals surface area (Å²) >= 11 is 0. The zero-order valence-corrected chi connectivity index (χ0v) is 13.6. The Labute approximate surface area is 121 Å². The van der Waals surface area contributed by atoms with Gasteiger partial charge < -0.3 is 30.2 Å². The second-order valence-electron chi connectivity index (χ2n) is 3.05. The van der Waals surface area contributed by atoms with Gasteiger partial charge in [0.15, 0.2) is 0 Å². The molecule has 0 unspecified atom stereocenters. The van der Waals surface area contributed by atoms with Crippen LogP contribution >= 0.6 is 0 Å². The van der Waals surface area contributed by atoms with Gasteiger partial charge in [0.05, 0.1) is 13.2 Å². The standard InChI is InChI=1S/2C4H11NO.2CH4O.Ti/c2*1-5(2)3-4-6;2*1-2;/h2*6H,3-4H2,1-2H3;2*2H,1H3;. The molecule has 0 fully saturated rings. The summed E-state index contributed by atoms with van der Waals surface area (Å²) in [6.45, 7) is 2.04. The Hall–Kier alpha value is 0.474. The van der Waals surface area contributed by atoms with Crippen molar-refractivity contribution in [3.05, 3.63) is 0 Å². The van der Waals surface area contributed by atoms with Crippen molar-refractivity contribution in [2.75, 3.05) is 68.7 Å². The smallest absolute Gasteiger partial charge is 0.0558 e. The van der Waals surface area contributed by atoms with Crippen LogP contribution in [0.25, 0.3) is 0 Å². The minimum atomic E-state index is 0. The summed E-state index contributed by atoms with van der Waals surface area (Å²) in [6.07, 6.45) is 0. The molecule has 4 N–H and O–H groups in total. The van der Waals surface area contributed by atoms with Crippen LogP contribution in [0.4, 0.5) is 0 Å². The fraction of sp³-hybridized carbons (Fsp3) is 1.00. The van der Waals surface area contributed by atoms with Crippen LogP contribution < -0.4 is 0 Å². The van der Waals surface area contributed by atoms with Crippen LogP contribution in [0.5, 0.6) is 0 Å². The fourth-order valence-corrected chi connectivity index (χ4v) is 0.400. The number of nitrogens with zero attached hydrogens (tertiary/aromatic N) is 2. The Morgan fingerprint density at radius 1 is 0.647 bits per heavy atom. The van der Waals surface area contributed by atoms with E-state index in [9.17, 15) is 0 Å². The first-order valence-corrected chi connectivity index (χ1v) is 4.95. The van der Waals surface area contributed by atoms with E-state index in [2.05, 4.69) is 0 Å². The Bertz CT molecular complexity index is 78.7. The van der Waals surface area contributed by atoms with Gasteiger partial charge in [-0.05, 0) is 28.2 Å². The second-order valence-corrected chi connectivity index (χ2v) is 3.05. The molecule has 0 aliphatic heterocycles. The topological polar surface area (TPSA) is 87.4 Å².